The summed E-state index contributed by atoms with van der Waals surface area (Å²) in [6.45, 7) is 0.794. The molecule has 10 nitrogen and oxygen atoms in total. The van der Waals surface area contributed by atoms with Gasteiger partial charge >= 0.3 is 0 Å². The number of methoxy groups -OCH3 is 1. The summed E-state index contributed by atoms with van der Waals surface area (Å²) in [7, 11) is 1.59. The van der Waals surface area contributed by atoms with E-state index < -0.39 is 17.0 Å². The van der Waals surface area contributed by atoms with Crippen molar-refractivity contribution in [3.05, 3.63) is 46.1 Å². The van der Waals surface area contributed by atoms with Gasteiger partial charge in [0.05, 0.1) is 23.7 Å². The van der Waals surface area contributed by atoms with Crippen LogP contribution in [0.5, 0.6) is 0 Å². The van der Waals surface area contributed by atoms with Crippen molar-refractivity contribution in [2.75, 3.05) is 13.7 Å². The van der Waals surface area contributed by atoms with Gasteiger partial charge in [0.1, 0.15) is 40.6 Å². The number of nitriles is 1. The first-order valence-electron chi connectivity index (χ1n) is 10.7. The summed E-state index contributed by atoms with van der Waals surface area (Å²) in [4.78, 5) is 22.6. The van der Waals surface area contributed by atoms with Gasteiger partial charge in [-0.2, -0.15) is 10.2 Å². The molecule has 1 saturated heterocycles. The zero-order chi connectivity index (χ0) is 22.7. The minimum absolute atomic E-state index is 0.165. The second-order valence-electron chi connectivity index (χ2n) is 8.39. The molecule has 4 heterocycles. The highest BCUT2D eigenvalue weighted by molar-refractivity contribution is 5.87. The van der Waals surface area contributed by atoms with E-state index in [1.165, 1.54) is 23.0 Å². The van der Waals surface area contributed by atoms with E-state index in [4.69, 9.17) is 14.0 Å². The van der Waals surface area contributed by atoms with Crippen LogP contribution in [0.15, 0.2) is 27.8 Å². The molecule has 11 heteroatoms. The van der Waals surface area contributed by atoms with E-state index in [2.05, 4.69) is 15.1 Å². The van der Waals surface area contributed by atoms with E-state index >= 15 is 0 Å². The predicted octanol–water partition coefficient (Wildman–Crippen LogP) is 2.52. The maximum atomic E-state index is 14.5. The second-order valence-corrected chi connectivity index (χ2v) is 8.39. The van der Waals surface area contributed by atoms with Gasteiger partial charge in [-0.05, 0) is 37.8 Å². The standard InChI is InChI=1S/C22H19FN6O4/c1-31-22(6-7-22)21-26-19(27-33-21)16-18-20(30)28(10-12-3-2-8-32-12)17-13(9-24)14(23)4-5-15(17)29(18)11-25-16/h4-5,11-12H,2-3,6-8,10H2,1H3. The van der Waals surface area contributed by atoms with E-state index in [1.807, 2.05) is 6.07 Å². The Morgan fingerprint density at radius 3 is 2.91 bits per heavy atom. The minimum Gasteiger partial charge on any atom is -0.376 e. The van der Waals surface area contributed by atoms with E-state index in [-0.39, 0.29) is 40.8 Å². The molecule has 1 aliphatic heterocycles. The van der Waals surface area contributed by atoms with Crippen molar-refractivity contribution in [1.82, 2.24) is 24.1 Å². The number of fused-ring (bicyclic) bond motifs is 3. The molecule has 0 bridgehead atoms. The number of imidazole rings is 1. The number of halogens is 1. The highest BCUT2D eigenvalue weighted by atomic mass is 19.1. The molecule has 3 aromatic heterocycles. The molecule has 2 aliphatic rings. The van der Waals surface area contributed by atoms with Crippen LogP contribution in [-0.2, 0) is 21.6 Å². The van der Waals surface area contributed by atoms with Crippen LogP contribution in [0.1, 0.15) is 37.1 Å². The number of nitrogens with zero attached hydrogens (tertiary/aromatic N) is 6. The Kier molecular flexibility index (Phi) is 4.36. The van der Waals surface area contributed by atoms with Gasteiger partial charge in [0, 0.05) is 13.7 Å². The van der Waals surface area contributed by atoms with E-state index in [1.54, 1.807) is 11.5 Å². The maximum Gasteiger partial charge on any atom is 0.277 e. The van der Waals surface area contributed by atoms with Crippen LogP contribution in [0.25, 0.3) is 28.1 Å². The van der Waals surface area contributed by atoms with Gasteiger partial charge < -0.3 is 18.6 Å². The molecular weight excluding hydrogens is 431 g/mol. The number of ether oxygens (including phenoxy) is 2. The first-order valence-corrected chi connectivity index (χ1v) is 10.7. The summed E-state index contributed by atoms with van der Waals surface area (Å²) in [5.41, 5.74) is -0.0760. The lowest BCUT2D eigenvalue weighted by Crippen LogP contribution is -2.29. The molecule has 1 atom stereocenters. The molecule has 0 spiro atoms. The summed E-state index contributed by atoms with van der Waals surface area (Å²) in [5, 5.41) is 13.7. The first kappa shape index (κ1) is 20.0. The molecule has 1 saturated carbocycles. The summed E-state index contributed by atoms with van der Waals surface area (Å²) in [6, 6.07) is 4.64. The van der Waals surface area contributed by atoms with Crippen molar-refractivity contribution in [3.8, 4) is 17.6 Å². The molecule has 4 aromatic rings. The van der Waals surface area contributed by atoms with Crippen molar-refractivity contribution >= 4 is 16.6 Å². The third-order valence-corrected chi connectivity index (χ3v) is 6.49. The van der Waals surface area contributed by atoms with Crippen molar-refractivity contribution in [2.24, 2.45) is 0 Å². The van der Waals surface area contributed by atoms with E-state index in [9.17, 15) is 14.4 Å². The Hall–Kier alpha value is -3.62. The van der Waals surface area contributed by atoms with Gasteiger partial charge in [-0.15, -0.1) is 0 Å². The van der Waals surface area contributed by atoms with Gasteiger partial charge in [-0.1, -0.05) is 5.16 Å². The molecule has 1 aromatic carbocycles. The van der Waals surface area contributed by atoms with Crippen LogP contribution in [0.2, 0.25) is 0 Å². The number of hydrogen-bond acceptors (Lipinski definition) is 8. The van der Waals surface area contributed by atoms with Crippen LogP contribution < -0.4 is 5.56 Å². The molecule has 168 valence electrons. The fourth-order valence-electron chi connectivity index (χ4n) is 4.55. The third-order valence-electron chi connectivity index (χ3n) is 6.49. The van der Waals surface area contributed by atoms with Crippen molar-refractivity contribution in [2.45, 2.75) is 43.9 Å². The summed E-state index contributed by atoms with van der Waals surface area (Å²) >= 11 is 0. The molecule has 1 unspecified atom stereocenters. The molecular formula is C22H19FN6O4. The van der Waals surface area contributed by atoms with Crippen molar-refractivity contribution < 1.29 is 18.4 Å². The highest BCUT2D eigenvalue weighted by Crippen LogP contribution is 2.48. The Balaban J connectivity index is 1.61. The van der Waals surface area contributed by atoms with Crippen LogP contribution in [0.3, 0.4) is 0 Å². The van der Waals surface area contributed by atoms with Crippen LogP contribution in [0.4, 0.5) is 4.39 Å². The highest BCUT2D eigenvalue weighted by Gasteiger charge is 2.50. The lowest BCUT2D eigenvalue weighted by molar-refractivity contribution is 0.0492. The third kappa shape index (κ3) is 2.91. The van der Waals surface area contributed by atoms with Gasteiger partial charge in [-0.25, -0.2) is 9.37 Å². The Morgan fingerprint density at radius 1 is 1.36 bits per heavy atom. The number of rotatable bonds is 5. The smallest absolute Gasteiger partial charge is 0.277 e. The lowest BCUT2D eigenvalue weighted by Gasteiger charge is -2.17. The van der Waals surface area contributed by atoms with Gasteiger partial charge in [-0.3, -0.25) is 9.20 Å². The molecule has 1 aliphatic carbocycles. The molecule has 0 N–H and O–H groups in total. The normalized spacial score (nSPS) is 19.4. The van der Waals surface area contributed by atoms with E-state index in [0.717, 1.165) is 25.7 Å². The Morgan fingerprint density at radius 2 is 2.21 bits per heavy atom. The molecule has 0 radical (unpaired) electrons. The zero-order valence-corrected chi connectivity index (χ0v) is 17.7. The minimum atomic E-state index is -0.692. The molecule has 6 rings (SSSR count). The SMILES string of the molecule is COC1(c2nc(-c3ncn4c3c(=O)n(CC3CCCO3)c3c(C#N)c(F)ccc34)no2)CC1. The van der Waals surface area contributed by atoms with Gasteiger partial charge in [0.25, 0.3) is 11.4 Å². The monoisotopic (exact) mass is 450 g/mol. The first-order chi connectivity index (χ1) is 16.1. The van der Waals surface area contributed by atoms with E-state index in [0.29, 0.717) is 18.0 Å². The zero-order valence-electron chi connectivity index (χ0n) is 17.7. The summed E-state index contributed by atoms with van der Waals surface area (Å²) < 4.78 is 34.1. The molecule has 2 fully saturated rings. The Bertz CT molecular complexity index is 1500. The topological polar surface area (TPSA) is 120 Å². The second kappa shape index (κ2) is 7.19. The van der Waals surface area contributed by atoms with Gasteiger partial charge in [0.15, 0.2) is 0 Å². The summed E-state index contributed by atoms with van der Waals surface area (Å²) in [6.07, 6.45) is 4.44. The Labute approximate surface area is 186 Å². The average Bonchev–Trinajstić information content (AvgIpc) is 3.23. The predicted molar refractivity (Wildman–Crippen MR) is 112 cm³/mol. The molecule has 0 amide bonds. The largest absolute Gasteiger partial charge is 0.376 e. The average molecular weight is 450 g/mol. The van der Waals surface area contributed by atoms with Crippen molar-refractivity contribution in [3.63, 3.8) is 0 Å². The molecule has 33 heavy (non-hydrogen) atoms. The van der Waals surface area contributed by atoms with Crippen LogP contribution >= 0.6 is 0 Å². The van der Waals surface area contributed by atoms with Crippen LogP contribution in [0, 0.1) is 17.1 Å². The number of benzene rings is 1. The lowest BCUT2D eigenvalue weighted by atomic mass is 10.1. The van der Waals surface area contributed by atoms with Crippen molar-refractivity contribution in [1.29, 1.82) is 5.26 Å². The fourth-order valence-corrected chi connectivity index (χ4v) is 4.55. The van der Waals surface area contributed by atoms with Crippen LogP contribution in [-0.4, -0.2) is 43.9 Å². The van der Waals surface area contributed by atoms with Gasteiger partial charge in [0.2, 0.25) is 5.82 Å². The summed E-state index contributed by atoms with van der Waals surface area (Å²) in [5.74, 6) is -0.184. The maximum absolute atomic E-state index is 14.5. The quantitative estimate of drug-likeness (QED) is 0.455. The number of aromatic nitrogens is 5. The number of hydrogen-bond donors (Lipinski definition) is 0. The fraction of sp³-hybridized carbons (Fsp3) is 0.409.